The molecule has 35 heavy (non-hydrogen) atoms. The number of hydrogen-bond acceptors (Lipinski definition) is 7. The molecule has 3 heterocycles. The largest absolute Gasteiger partial charge is 0.846 e. The van der Waals surface area contributed by atoms with Crippen molar-refractivity contribution in [2.45, 2.75) is 33.0 Å². The summed E-state index contributed by atoms with van der Waals surface area (Å²) in [6.07, 6.45) is -0.729. The number of aromatic nitrogens is 5. The molecule has 4 rings (SSSR count). The summed E-state index contributed by atoms with van der Waals surface area (Å²) < 4.78 is 44.9. The average Bonchev–Trinajstić information content (AvgIpc) is 3.27. The lowest BCUT2D eigenvalue weighted by Crippen LogP contribution is -2.39. The van der Waals surface area contributed by atoms with Crippen LogP contribution in [0.3, 0.4) is 0 Å². The van der Waals surface area contributed by atoms with Crippen LogP contribution in [0.15, 0.2) is 64.6 Å². The van der Waals surface area contributed by atoms with Gasteiger partial charge in [0.15, 0.2) is 0 Å². The molecule has 4 aromatic rings. The Kier molecular flexibility index (Phi) is 6.45. The van der Waals surface area contributed by atoms with Gasteiger partial charge in [-0.15, -0.1) is 0 Å². The van der Waals surface area contributed by atoms with Crippen LogP contribution in [0.5, 0.6) is 0 Å². The van der Waals surface area contributed by atoms with Gasteiger partial charge in [-0.25, -0.2) is 15.0 Å². The Labute approximate surface area is 198 Å². The first-order chi connectivity index (χ1) is 16.6. The van der Waals surface area contributed by atoms with E-state index in [4.69, 9.17) is 4.52 Å². The van der Waals surface area contributed by atoms with Crippen LogP contribution >= 0.6 is 0 Å². The second-order valence-electron chi connectivity index (χ2n) is 7.71. The quantitative estimate of drug-likeness (QED) is 0.262. The van der Waals surface area contributed by atoms with E-state index in [1.54, 1.807) is 0 Å². The van der Waals surface area contributed by atoms with Crippen molar-refractivity contribution in [1.29, 1.82) is 0 Å². The molecule has 1 atom stereocenters. The van der Waals surface area contributed by atoms with Crippen molar-refractivity contribution < 1.29 is 27.5 Å². The fraction of sp³-hybridized carbons (Fsp3) is 0.217. The minimum Gasteiger partial charge on any atom is -0.846 e. The molecule has 1 N–H and O–H groups in total. The zero-order valence-electron chi connectivity index (χ0n) is 18.9. The second kappa shape index (κ2) is 9.49. The number of nitrogens with one attached hydrogen (secondary N) is 1. The smallest absolute Gasteiger partial charge is 0.433 e. The van der Waals surface area contributed by atoms with Crippen molar-refractivity contribution in [3.8, 4) is 11.1 Å². The van der Waals surface area contributed by atoms with Gasteiger partial charge in [-0.3, -0.25) is 9.51 Å². The number of benzene rings is 1. The van der Waals surface area contributed by atoms with Gasteiger partial charge in [-0.05, 0) is 36.2 Å². The minimum atomic E-state index is -4.63. The molecule has 3 aromatic heterocycles. The van der Waals surface area contributed by atoms with Crippen LogP contribution < -0.4 is 15.1 Å². The number of halogens is 3. The molecular weight excluding hydrogens is 463 g/mol. The summed E-state index contributed by atoms with van der Waals surface area (Å²) in [5, 5.41) is 18.3. The monoisotopic (exact) mass is 483 g/mol. The van der Waals surface area contributed by atoms with Gasteiger partial charge in [0.1, 0.15) is 12.0 Å². The summed E-state index contributed by atoms with van der Waals surface area (Å²) in [6, 6.07) is 8.59. The fourth-order valence-electron chi connectivity index (χ4n) is 3.49. The molecule has 0 aliphatic heterocycles. The molecule has 0 radical (unpaired) electrons. The first kappa shape index (κ1) is 23.8. The third kappa shape index (κ3) is 5.42. The maximum atomic E-state index is 12.8. The minimum absolute atomic E-state index is 0.101. The lowest BCUT2D eigenvalue weighted by Gasteiger charge is -2.13. The van der Waals surface area contributed by atoms with E-state index in [0.717, 1.165) is 34.3 Å². The first-order valence-corrected chi connectivity index (χ1v) is 10.4. The fourth-order valence-corrected chi connectivity index (χ4v) is 3.49. The Hall–Kier alpha value is -4.35. The summed E-state index contributed by atoms with van der Waals surface area (Å²) >= 11 is 0. The molecule has 0 bridgehead atoms. The van der Waals surface area contributed by atoms with Crippen molar-refractivity contribution in [3.63, 3.8) is 0 Å². The lowest BCUT2D eigenvalue weighted by molar-refractivity contribution is -0.774. The van der Waals surface area contributed by atoms with E-state index in [9.17, 15) is 18.3 Å². The predicted octanol–water partition coefficient (Wildman–Crippen LogP) is 3.52. The van der Waals surface area contributed by atoms with Gasteiger partial charge >= 0.3 is 12.1 Å². The molecular formula is C23H20F3N7O2. The Morgan fingerprint density at radius 1 is 1.09 bits per heavy atom. The maximum Gasteiger partial charge on any atom is 0.433 e. The molecule has 0 saturated carbocycles. The number of anilines is 1. The third-order valence-corrected chi connectivity index (χ3v) is 5.29. The Bertz CT molecular complexity index is 1350. The van der Waals surface area contributed by atoms with Crippen LogP contribution in [0, 0.1) is 13.8 Å². The summed E-state index contributed by atoms with van der Waals surface area (Å²) in [6.45, 7) is 5.74. The van der Waals surface area contributed by atoms with Crippen molar-refractivity contribution in [3.05, 3.63) is 77.8 Å². The summed E-state index contributed by atoms with van der Waals surface area (Å²) in [7, 11) is 0. The van der Waals surface area contributed by atoms with Crippen molar-refractivity contribution in [2.24, 2.45) is 4.99 Å². The number of rotatable bonds is 5. The van der Waals surface area contributed by atoms with Crippen LogP contribution in [0.1, 0.15) is 35.6 Å². The van der Waals surface area contributed by atoms with E-state index in [1.807, 2.05) is 45.0 Å². The number of hydrogen-bond donors (Lipinski definition) is 1. The SMILES string of the molecule is Cc1ncnc(C)c1-c1ccc([C@H](C)[n+]2cc(N=C([O-])Nc3ccnc(C(F)(F)F)c3)on2)cc1. The predicted molar refractivity (Wildman–Crippen MR) is 117 cm³/mol. The molecule has 0 spiro atoms. The topological polar surface area (TPSA) is 116 Å². The van der Waals surface area contributed by atoms with Gasteiger partial charge in [0, 0.05) is 41.3 Å². The van der Waals surface area contributed by atoms with Gasteiger partial charge in [0.25, 0.3) is 6.20 Å². The molecule has 0 amide bonds. The highest BCUT2D eigenvalue weighted by molar-refractivity contribution is 5.86. The van der Waals surface area contributed by atoms with Gasteiger partial charge in [-0.2, -0.15) is 13.2 Å². The lowest BCUT2D eigenvalue weighted by atomic mass is 9.99. The Balaban J connectivity index is 1.48. The van der Waals surface area contributed by atoms with E-state index in [-0.39, 0.29) is 17.6 Å². The average molecular weight is 483 g/mol. The van der Waals surface area contributed by atoms with E-state index < -0.39 is 17.9 Å². The molecule has 0 aliphatic rings. The summed E-state index contributed by atoms with van der Waals surface area (Å²) in [5.74, 6) is -0.108. The third-order valence-electron chi connectivity index (χ3n) is 5.29. The van der Waals surface area contributed by atoms with Crippen LogP contribution in [0.4, 0.5) is 24.7 Å². The number of aryl methyl sites for hydroxylation is 2. The van der Waals surface area contributed by atoms with E-state index >= 15 is 0 Å². The number of nitrogens with zero attached hydrogens (tertiary/aromatic N) is 6. The number of aliphatic imine (C=N–C) groups is 1. The molecule has 0 fully saturated rings. The number of amidine groups is 1. The van der Waals surface area contributed by atoms with E-state index in [2.05, 4.69) is 30.5 Å². The Morgan fingerprint density at radius 2 is 1.77 bits per heavy atom. The molecule has 0 unspecified atom stereocenters. The highest BCUT2D eigenvalue weighted by Gasteiger charge is 2.32. The summed E-state index contributed by atoms with van der Waals surface area (Å²) in [5.41, 5.74) is 3.43. The van der Waals surface area contributed by atoms with Crippen LogP contribution in [0.2, 0.25) is 0 Å². The van der Waals surface area contributed by atoms with Crippen LogP contribution in [0.25, 0.3) is 11.1 Å². The highest BCUT2D eigenvalue weighted by Crippen LogP contribution is 2.29. The van der Waals surface area contributed by atoms with Gasteiger partial charge < -0.3 is 10.4 Å². The zero-order chi connectivity index (χ0) is 25.2. The second-order valence-corrected chi connectivity index (χ2v) is 7.71. The van der Waals surface area contributed by atoms with Gasteiger partial charge in [0.05, 0.1) is 6.02 Å². The zero-order valence-corrected chi connectivity index (χ0v) is 18.9. The van der Waals surface area contributed by atoms with Crippen molar-refractivity contribution >= 4 is 17.6 Å². The molecule has 180 valence electrons. The number of alkyl halides is 3. The van der Waals surface area contributed by atoms with Gasteiger partial charge in [0.2, 0.25) is 11.3 Å². The van der Waals surface area contributed by atoms with Crippen molar-refractivity contribution in [2.75, 3.05) is 5.32 Å². The highest BCUT2D eigenvalue weighted by atomic mass is 19.4. The molecule has 9 nitrogen and oxygen atoms in total. The molecule has 1 aromatic carbocycles. The molecule has 0 saturated heterocycles. The Morgan fingerprint density at radius 3 is 2.43 bits per heavy atom. The van der Waals surface area contributed by atoms with Crippen LogP contribution in [-0.4, -0.2) is 26.2 Å². The van der Waals surface area contributed by atoms with E-state index in [1.165, 1.54) is 23.3 Å². The van der Waals surface area contributed by atoms with E-state index in [0.29, 0.717) is 6.07 Å². The number of pyridine rings is 1. The maximum absolute atomic E-state index is 12.8. The standard InChI is InChI=1S/C23H20F3N7O2/c1-13-21(14(2)29-12-28-13)17-6-4-16(5-7-17)15(3)33-11-20(35-32-33)31-22(34)30-18-8-9-27-19(10-18)23(24,25)26/h4-12,15H,1-3H3,(H-,27,30,31,32,34)/t15-/m0/s1. The molecule has 0 aliphatic carbocycles. The van der Waals surface area contributed by atoms with Crippen molar-refractivity contribution in [1.82, 2.24) is 20.2 Å². The molecule has 12 heteroatoms. The van der Waals surface area contributed by atoms with Crippen LogP contribution in [-0.2, 0) is 6.18 Å². The summed E-state index contributed by atoms with van der Waals surface area (Å²) in [4.78, 5) is 15.5. The normalized spacial score (nSPS) is 13.0. The van der Waals surface area contributed by atoms with Gasteiger partial charge in [-0.1, -0.05) is 24.3 Å². The first-order valence-electron chi connectivity index (χ1n) is 10.4.